The Hall–Kier alpha value is -2.34. The number of primary amides is 1. The van der Waals surface area contributed by atoms with Gasteiger partial charge in [-0.05, 0) is 81.8 Å². The molecule has 0 spiro atoms. The van der Waals surface area contributed by atoms with Crippen LogP contribution >= 0.6 is 0 Å². The first-order chi connectivity index (χ1) is 16.0. The Balaban J connectivity index is 1.48. The van der Waals surface area contributed by atoms with Crippen molar-refractivity contribution in [3.05, 3.63) is 23.9 Å². The van der Waals surface area contributed by atoms with E-state index in [1.165, 1.54) is 6.07 Å². The molecule has 184 valence electrons. The number of alkyl halides is 3. The third-order valence-corrected chi connectivity index (χ3v) is 9.28. The van der Waals surface area contributed by atoms with Gasteiger partial charge < -0.3 is 10.6 Å². The molecule has 34 heavy (non-hydrogen) atoms. The van der Waals surface area contributed by atoms with Crippen LogP contribution in [0.25, 0.3) is 0 Å². The summed E-state index contributed by atoms with van der Waals surface area (Å²) in [5.41, 5.74) is 4.37. The highest BCUT2D eigenvalue weighted by molar-refractivity contribution is 5.79. The maximum absolute atomic E-state index is 13.0. The number of nitriles is 1. The molecular weight excluding hydrogens is 443 g/mol. The molecule has 0 aromatic carbocycles. The van der Waals surface area contributed by atoms with Gasteiger partial charge in [-0.2, -0.15) is 18.4 Å². The van der Waals surface area contributed by atoms with Crippen molar-refractivity contribution < 1.29 is 18.0 Å². The van der Waals surface area contributed by atoms with E-state index >= 15 is 0 Å². The molecule has 5 fully saturated rings. The summed E-state index contributed by atoms with van der Waals surface area (Å²) in [4.78, 5) is 20.7. The van der Waals surface area contributed by atoms with Crippen molar-refractivity contribution in [1.29, 1.82) is 5.26 Å². The fourth-order valence-electron chi connectivity index (χ4n) is 8.24. The van der Waals surface area contributed by atoms with Crippen LogP contribution in [0.3, 0.4) is 0 Å². The van der Waals surface area contributed by atoms with Crippen LogP contribution in [-0.2, 0) is 11.0 Å². The van der Waals surface area contributed by atoms with Crippen LogP contribution in [0.2, 0.25) is 0 Å². The Morgan fingerprint density at radius 2 is 1.91 bits per heavy atom. The number of amides is 1. The van der Waals surface area contributed by atoms with Gasteiger partial charge in [-0.25, -0.2) is 4.98 Å². The van der Waals surface area contributed by atoms with Gasteiger partial charge in [-0.15, -0.1) is 0 Å². The van der Waals surface area contributed by atoms with E-state index in [1.807, 2.05) is 6.92 Å². The van der Waals surface area contributed by atoms with E-state index < -0.39 is 23.3 Å². The van der Waals surface area contributed by atoms with Crippen LogP contribution in [-0.4, -0.2) is 47.0 Å². The lowest BCUT2D eigenvalue weighted by molar-refractivity contribution is -0.147. The van der Waals surface area contributed by atoms with Gasteiger partial charge >= 0.3 is 6.18 Å². The van der Waals surface area contributed by atoms with Crippen molar-refractivity contribution in [1.82, 2.24) is 9.88 Å². The molecule has 4 unspecified atom stereocenters. The van der Waals surface area contributed by atoms with E-state index in [4.69, 9.17) is 5.73 Å². The number of hydrogen-bond donors (Lipinski definition) is 1. The second kappa shape index (κ2) is 7.84. The first kappa shape index (κ1) is 23.4. The Labute approximate surface area is 198 Å². The number of carbonyl (C=O) groups excluding carboxylic acids is 1. The number of anilines is 1. The molecule has 1 amide bonds. The molecule has 1 aromatic rings. The van der Waals surface area contributed by atoms with Gasteiger partial charge in [0.2, 0.25) is 5.91 Å². The van der Waals surface area contributed by atoms with Gasteiger partial charge in [0.25, 0.3) is 0 Å². The number of aromatic nitrogens is 1. The first-order valence-corrected chi connectivity index (χ1v) is 12.2. The summed E-state index contributed by atoms with van der Waals surface area (Å²) in [6, 6.07) is 4.72. The van der Waals surface area contributed by atoms with Crippen molar-refractivity contribution in [3.8, 4) is 6.07 Å². The molecule has 4 atom stereocenters. The molecule has 6 rings (SSSR count). The number of piperazine rings is 1. The van der Waals surface area contributed by atoms with E-state index in [0.29, 0.717) is 49.1 Å². The van der Waals surface area contributed by atoms with E-state index in [2.05, 4.69) is 27.8 Å². The summed E-state index contributed by atoms with van der Waals surface area (Å²) in [6.45, 7) is 5.73. The minimum absolute atomic E-state index is 0.215. The lowest BCUT2D eigenvalue weighted by Crippen LogP contribution is -2.72. The number of rotatable bonds is 4. The van der Waals surface area contributed by atoms with Crippen molar-refractivity contribution in [2.75, 3.05) is 24.5 Å². The van der Waals surface area contributed by atoms with Crippen LogP contribution in [0.1, 0.15) is 51.5 Å². The largest absolute Gasteiger partial charge is 0.417 e. The molecule has 2 heterocycles. The van der Waals surface area contributed by atoms with E-state index in [9.17, 15) is 23.2 Å². The highest BCUT2D eigenvalue weighted by Gasteiger charge is 2.62. The summed E-state index contributed by atoms with van der Waals surface area (Å²) in [6.07, 6.45) is 1.48. The van der Waals surface area contributed by atoms with E-state index in [-0.39, 0.29) is 11.3 Å². The zero-order valence-electron chi connectivity index (χ0n) is 19.7. The van der Waals surface area contributed by atoms with Crippen LogP contribution < -0.4 is 10.6 Å². The lowest BCUT2D eigenvalue weighted by atomic mass is 9.43. The highest BCUT2D eigenvalue weighted by Crippen LogP contribution is 2.64. The molecular formula is C25H32F3N5O. The Morgan fingerprint density at radius 1 is 1.24 bits per heavy atom. The Morgan fingerprint density at radius 3 is 2.44 bits per heavy atom. The molecule has 4 aliphatic carbocycles. The third-order valence-electron chi connectivity index (χ3n) is 9.28. The minimum atomic E-state index is -4.42. The van der Waals surface area contributed by atoms with Gasteiger partial charge in [0, 0.05) is 31.4 Å². The molecule has 4 bridgehead atoms. The quantitative estimate of drug-likeness (QED) is 0.716. The maximum Gasteiger partial charge on any atom is 0.417 e. The minimum Gasteiger partial charge on any atom is -0.368 e. The second-order valence-electron chi connectivity index (χ2n) is 11.3. The van der Waals surface area contributed by atoms with Crippen molar-refractivity contribution in [2.24, 2.45) is 34.8 Å². The van der Waals surface area contributed by atoms with E-state index in [0.717, 1.165) is 44.4 Å². The van der Waals surface area contributed by atoms with Crippen LogP contribution in [0.15, 0.2) is 18.3 Å². The maximum atomic E-state index is 13.0. The van der Waals surface area contributed by atoms with Gasteiger partial charge in [0.15, 0.2) is 0 Å². The Kier molecular flexibility index (Phi) is 5.40. The molecule has 0 radical (unpaired) electrons. The number of nitrogens with zero attached hydrogens (tertiary/aromatic N) is 4. The average molecular weight is 476 g/mol. The van der Waals surface area contributed by atoms with Gasteiger partial charge in [-0.3, -0.25) is 9.69 Å². The summed E-state index contributed by atoms with van der Waals surface area (Å²) < 4.78 is 39.1. The zero-order valence-corrected chi connectivity index (χ0v) is 19.7. The zero-order chi connectivity index (χ0) is 24.5. The molecule has 4 saturated carbocycles. The summed E-state index contributed by atoms with van der Waals surface area (Å²) in [5.74, 6) is 1.84. The van der Waals surface area contributed by atoms with Crippen LogP contribution in [0, 0.1) is 40.4 Å². The van der Waals surface area contributed by atoms with Crippen LogP contribution in [0.4, 0.5) is 19.0 Å². The predicted octanol–water partition coefficient (Wildman–Crippen LogP) is 3.82. The lowest BCUT2D eigenvalue weighted by Gasteiger charge is -2.65. The standard InChI is InChI=1S/C25H32F3N5O/c1-15(22(30)34)33-6-5-32(20-4-3-19(12-31-20)25(26,27)28)14-23(33,2)21-17-7-16-8-18(21)11-24(9-16,10-17)13-29/h3-4,12,15-18,21H,5-11,14H2,1-2H3,(H2,30,34). The summed E-state index contributed by atoms with van der Waals surface area (Å²) in [7, 11) is 0. The van der Waals surface area contributed by atoms with Crippen molar-refractivity contribution in [3.63, 3.8) is 0 Å². The molecule has 1 aromatic heterocycles. The third kappa shape index (κ3) is 3.65. The molecule has 2 N–H and O–H groups in total. The van der Waals surface area contributed by atoms with Crippen molar-refractivity contribution in [2.45, 2.75) is 63.7 Å². The summed E-state index contributed by atoms with van der Waals surface area (Å²) >= 11 is 0. The monoisotopic (exact) mass is 475 g/mol. The normalized spacial score (nSPS) is 38.5. The molecule has 5 aliphatic rings. The molecule has 1 saturated heterocycles. The van der Waals surface area contributed by atoms with Gasteiger partial charge in [0.1, 0.15) is 5.82 Å². The molecule has 6 nitrogen and oxygen atoms in total. The first-order valence-electron chi connectivity index (χ1n) is 12.2. The van der Waals surface area contributed by atoms with Gasteiger partial charge in [-0.1, -0.05) is 0 Å². The average Bonchev–Trinajstić information content (AvgIpc) is 2.77. The molecule has 1 aliphatic heterocycles. The SMILES string of the molecule is CC(C(N)=O)N1CCN(c2ccc(C(F)(F)F)cn2)CC1(C)C1C2CC3CC1CC(C#N)(C3)C2. The number of hydrogen-bond acceptors (Lipinski definition) is 5. The Bertz CT molecular complexity index is 989. The fourth-order valence-corrected chi connectivity index (χ4v) is 8.24. The van der Waals surface area contributed by atoms with Crippen LogP contribution in [0.5, 0.6) is 0 Å². The number of nitrogens with two attached hydrogens (primary N) is 1. The smallest absolute Gasteiger partial charge is 0.368 e. The fraction of sp³-hybridized carbons (Fsp3) is 0.720. The molecule has 9 heteroatoms. The van der Waals surface area contributed by atoms with Crippen molar-refractivity contribution >= 4 is 11.7 Å². The number of halogens is 3. The second-order valence-corrected chi connectivity index (χ2v) is 11.3. The number of carbonyl (C=O) groups is 1. The predicted molar refractivity (Wildman–Crippen MR) is 120 cm³/mol. The summed E-state index contributed by atoms with van der Waals surface area (Å²) in [5, 5.41) is 9.96. The highest BCUT2D eigenvalue weighted by atomic mass is 19.4. The van der Waals surface area contributed by atoms with Gasteiger partial charge in [0.05, 0.1) is 23.1 Å². The van der Waals surface area contributed by atoms with E-state index in [1.54, 1.807) is 0 Å². The topological polar surface area (TPSA) is 86.2 Å². The number of pyridine rings is 1.